The van der Waals surface area contributed by atoms with Crippen LogP contribution in [0.5, 0.6) is 0 Å². The predicted molar refractivity (Wildman–Crippen MR) is 124 cm³/mol. The first-order valence-electron chi connectivity index (χ1n) is 11.3. The van der Waals surface area contributed by atoms with Crippen LogP contribution in [-0.2, 0) is 32.7 Å². The lowest BCUT2D eigenvalue weighted by atomic mass is 10.3. The van der Waals surface area contributed by atoms with Gasteiger partial charge in [-0.2, -0.15) is 5.26 Å². The molecule has 0 amide bonds. The quantitative estimate of drug-likeness (QED) is 0.163. The zero-order valence-corrected chi connectivity index (χ0v) is 21.2. The standard InChI is InChI=1S/C21H44N3O7P/c1-20(2)24(21(3)4)32(30-8-5-6-22)31-19-18-29-17-16-28-15-14-27-13-12-26-11-10-25-9-7-23/h20-21H,5,7-19,23H2,1-4H3. The number of hydrogen-bond donors (Lipinski definition) is 1. The van der Waals surface area contributed by atoms with Gasteiger partial charge in [-0.15, -0.1) is 0 Å². The highest BCUT2D eigenvalue weighted by atomic mass is 31.2. The molecule has 0 fully saturated rings. The molecular formula is C21H44N3O7P. The molecule has 0 saturated carbocycles. The van der Waals surface area contributed by atoms with Crippen molar-refractivity contribution in [3.63, 3.8) is 0 Å². The van der Waals surface area contributed by atoms with Crippen LogP contribution in [0.1, 0.15) is 34.1 Å². The minimum atomic E-state index is -1.23. The van der Waals surface area contributed by atoms with Gasteiger partial charge in [0.15, 0.2) is 0 Å². The van der Waals surface area contributed by atoms with Crippen molar-refractivity contribution in [1.82, 2.24) is 4.67 Å². The van der Waals surface area contributed by atoms with Gasteiger partial charge in [-0.25, -0.2) is 4.67 Å². The van der Waals surface area contributed by atoms with Gasteiger partial charge >= 0.3 is 0 Å². The summed E-state index contributed by atoms with van der Waals surface area (Å²) in [5, 5.41) is 8.74. The first kappa shape index (κ1) is 31.6. The molecule has 2 N–H and O–H groups in total. The fourth-order valence-corrected chi connectivity index (χ4v) is 4.13. The maximum atomic E-state index is 8.74. The Morgan fingerprint density at radius 1 is 0.656 bits per heavy atom. The molecule has 190 valence electrons. The maximum Gasteiger partial charge on any atom is 0.259 e. The topological polar surface area (TPSA) is 118 Å². The third kappa shape index (κ3) is 19.1. The average Bonchev–Trinajstić information content (AvgIpc) is 2.75. The van der Waals surface area contributed by atoms with Crippen LogP contribution in [0.25, 0.3) is 0 Å². The Morgan fingerprint density at radius 2 is 1.03 bits per heavy atom. The first-order chi connectivity index (χ1) is 15.5. The van der Waals surface area contributed by atoms with Crippen LogP contribution in [0.4, 0.5) is 0 Å². The summed E-state index contributed by atoms with van der Waals surface area (Å²) < 4.78 is 41.0. The van der Waals surface area contributed by atoms with Gasteiger partial charge in [0.05, 0.1) is 91.8 Å². The van der Waals surface area contributed by atoms with E-state index >= 15 is 0 Å². The largest absolute Gasteiger partial charge is 0.378 e. The second-order valence-corrected chi connectivity index (χ2v) is 8.68. The fourth-order valence-electron chi connectivity index (χ4n) is 2.55. The summed E-state index contributed by atoms with van der Waals surface area (Å²) in [7, 11) is -1.23. The van der Waals surface area contributed by atoms with Gasteiger partial charge in [0.25, 0.3) is 8.53 Å². The molecule has 0 aliphatic heterocycles. The van der Waals surface area contributed by atoms with E-state index in [2.05, 4.69) is 38.4 Å². The second kappa shape index (κ2) is 23.7. The van der Waals surface area contributed by atoms with E-state index in [4.69, 9.17) is 43.7 Å². The molecule has 32 heavy (non-hydrogen) atoms. The van der Waals surface area contributed by atoms with Crippen molar-refractivity contribution in [3.8, 4) is 6.07 Å². The van der Waals surface area contributed by atoms with Crippen LogP contribution >= 0.6 is 8.53 Å². The molecule has 10 nitrogen and oxygen atoms in total. The van der Waals surface area contributed by atoms with Crippen LogP contribution in [-0.4, -0.2) is 103 Å². The summed E-state index contributed by atoms with van der Waals surface area (Å²) in [6.07, 6.45) is 0.348. The number of nitrogens with zero attached hydrogens (tertiary/aromatic N) is 2. The van der Waals surface area contributed by atoms with Crippen molar-refractivity contribution in [1.29, 1.82) is 5.26 Å². The van der Waals surface area contributed by atoms with Crippen LogP contribution < -0.4 is 5.73 Å². The summed E-state index contributed by atoms with van der Waals surface area (Å²) in [5.41, 5.74) is 5.32. The van der Waals surface area contributed by atoms with Crippen molar-refractivity contribution < 1.29 is 32.7 Å². The molecule has 0 spiro atoms. The Labute approximate surface area is 195 Å². The Kier molecular flexibility index (Phi) is 23.4. The summed E-state index contributed by atoms with van der Waals surface area (Å²) in [4.78, 5) is 0. The van der Waals surface area contributed by atoms with E-state index in [1.54, 1.807) is 0 Å². The molecule has 0 rings (SSSR count). The highest BCUT2D eigenvalue weighted by Crippen LogP contribution is 2.45. The molecule has 0 aromatic rings. The van der Waals surface area contributed by atoms with Gasteiger partial charge in [0, 0.05) is 18.6 Å². The van der Waals surface area contributed by atoms with Crippen molar-refractivity contribution in [2.24, 2.45) is 5.73 Å². The van der Waals surface area contributed by atoms with Crippen molar-refractivity contribution in [3.05, 3.63) is 0 Å². The normalized spacial score (nSPS) is 12.7. The Bertz CT molecular complexity index is 434. The minimum Gasteiger partial charge on any atom is -0.378 e. The molecule has 0 aliphatic carbocycles. The number of nitrogens with two attached hydrogens (primary N) is 1. The molecule has 0 aromatic heterocycles. The lowest BCUT2D eigenvalue weighted by Gasteiger charge is -2.35. The molecule has 1 atom stereocenters. The lowest BCUT2D eigenvalue weighted by Crippen LogP contribution is -2.34. The van der Waals surface area contributed by atoms with Gasteiger partial charge in [-0.05, 0) is 27.7 Å². The van der Waals surface area contributed by atoms with Gasteiger partial charge < -0.3 is 38.5 Å². The third-order valence-corrected chi connectivity index (χ3v) is 5.95. The number of nitriles is 1. The summed E-state index contributed by atoms with van der Waals surface area (Å²) in [6.45, 7) is 14.9. The SMILES string of the molecule is CC(C)N(C(C)C)P(OCCC#N)OCCOCCOCCOCCOCCOCCN. The number of rotatable bonds is 24. The number of hydrogen-bond acceptors (Lipinski definition) is 10. The van der Waals surface area contributed by atoms with Gasteiger partial charge in [0.1, 0.15) is 0 Å². The van der Waals surface area contributed by atoms with Gasteiger partial charge in [0.2, 0.25) is 0 Å². The smallest absolute Gasteiger partial charge is 0.259 e. The van der Waals surface area contributed by atoms with Crippen LogP contribution in [0.3, 0.4) is 0 Å². The molecule has 0 aromatic carbocycles. The zero-order chi connectivity index (χ0) is 23.9. The summed E-state index contributed by atoms with van der Waals surface area (Å²) >= 11 is 0. The third-order valence-electron chi connectivity index (χ3n) is 3.84. The van der Waals surface area contributed by atoms with Gasteiger partial charge in [-0.1, -0.05) is 0 Å². The molecular weight excluding hydrogens is 437 g/mol. The minimum absolute atomic E-state index is 0.279. The average molecular weight is 482 g/mol. The molecule has 1 unspecified atom stereocenters. The molecule has 11 heteroatoms. The van der Waals surface area contributed by atoms with Crippen LogP contribution in [0.15, 0.2) is 0 Å². The van der Waals surface area contributed by atoms with Crippen molar-refractivity contribution >= 4 is 8.53 Å². The highest BCUT2D eigenvalue weighted by molar-refractivity contribution is 7.44. The van der Waals surface area contributed by atoms with E-state index < -0.39 is 8.53 Å². The molecule has 0 radical (unpaired) electrons. The Hall–Kier alpha value is -0.440. The molecule has 0 heterocycles. The predicted octanol–water partition coefficient (Wildman–Crippen LogP) is 2.32. The Morgan fingerprint density at radius 3 is 1.41 bits per heavy atom. The van der Waals surface area contributed by atoms with Crippen LogP contribution in [0.2, 0.25) is 0 Å². The van der Waals surface area contributed by atoms with E-state index in [0.717, 1.165) is 0 Å². The van der Waals surface area contributed by atoms with Gasteiger partial charge in [-0.3, -0.25) is 0 Å². The highest BCUT2D eigenvalue weighted by Gasteiger charge is 2.26. The Balaban J connectivity index is 3.65. The molecule has 0 saturated heterocycles. The lowest BCUT2D eigenvalue weighted by molar-refractivity contribution is -0.0125. The monoisotopic (exact) mass is 481 g/mol. The van der Waals surface area contributed by atoms with Crippen molar-refractivity contribution in [2.45, 2.75) is 46.2 Å². The molecule has 0 bridgehead atoms. The fraction of sp³-hybridized carbons (Fsp3) is 0.952. The maximum absolute atomic E-state index is 8.74. The van der Waals surface area contributed by atoms with E-state index in [1.807, 2.05) is 0 Å². The molecule has 0 aliphatic rings. The van der Waals surface area contributed by atoms with E-state index in [-0.39, 0.29) is 12.1 Å². The van der Waals surface area contributed by atoms with E-state index in [0.29, 0.717) is 92.2 Å². The number of ether oxygens (including phenoxy) is 5. The second-order valence-electron chi connectivity index (χ2n) is 7.23. The summed E-state index contributed by atoms with van der Waals surface area (Å²) in [6, 6.07) is 2.65. The van der Waals surface area contributed by atoms with Crippen LogP contribution in [0, 0.1) is 11.3 Å². The first-order valence-corrected chi connectivity index (χ1v) is 12.5. The zero-order valence-electron chi connectivity index (χ0n) is 20.3. The summed E-state index contributed by atoms with van der Waals surface area (Å²) in [5.74, 6) is 0. The van der Waals surface area contributed by atoms with Crippen molar-refractivity contribution in [2.75, 3.05) is 85.8 Å². The van der Waals surface area contributed by atoms with E-state index in [1.165, 1.54) is 0 Å². The van der Waals surface area contributed by atoms with E-state index in [9.17, 15) is 0 Å².